The Kier molecular flexibility index (Phi) is 3.56. The van der Waals surface area contributed by atoms with Crippen molar-refractivity contribution in [1.29, 1.82) is 0 Å². The van der Waals surface area contributed by atoms with Gasteiger partial charge >= 0.3 is 5.97 Å². The number of hydrogen-bond donors (Lipinski definition) is 0. The molecule has 0 N–H and O–H groups in total. The summed E-state index contributed by atoms with van der Waals surface area (Å²) >= 11 is 0. The van der Waals surface area contributed by atoms with Crippen molar-refractivity contribution in [3.05, 3.63) is 46.8 Å². The normalized spacial score (nSPS) is 25.4. The number of fused-ring (bicyclic) bond motifs is 5. The molecule has 0 amide bonds. The van der Waals surface area contributed by atoms with Crippen LogP contribution in [0, 0.1) is 17.0 Å². The molecule has 1 heterocycles. The fraction of sp³-hybridized carbons (Fsp3) is 0.500. The van der Waals surface area contributed by atoms with Gasteiger partial charge in [0.1, 0.15) is 11.5 Å². The first kappa shape index (κ1) is 17.2. The summed E-state index contributed by atoms with van der Waals surface area (Å²) in [7, 11) is 0. The molecule has 2 aromatic rings. The van der Waals surface area contributed by atoms with E-state index in [1.807, 2.05) is 0 Å². The van der Waals surface area contributed by atoms with Gasteiger partial charge in [0.15, 0.2) is 11.5 Å². The third-order valence-corrected chi connectivity index (χ3v) is 6.63. The number of nitrogens with zero attached hydrogens (tertiary/aromatic N) is 2. The second-order valence-electron chi connectivity index (χ2n) is 7.98. The van der Waals surface area contributed by atoms with Crippen LogP contribution in [-0.4, -0.2) is 22.4 Å². The standard InChI is InChI=1S/C20H22F2N2O2/c1-5-26-18(25)16-15-12-8-9-20(4,19(12,2)3)17(15)24(23-16)14-7-6-11(21)10-13(14)22/h6-7,10,12H,5,8-9H2,1-4H3/t12-,20+/m0/s1. The van der Waals surface area contributed by atoms with E-state index in [1.165, 1.54) is 16.8 Å². The fourth-order valence-electron chi connectivity index (χ4n) is 4.90. The maximum absolute atomic E-state index is 14.5. The van der Waals surface area contributed by atoms with Gasteiger partial charge in [0.2, 0.25) is 0 Å². The highest BCUT2D eigenvalue weighted by molar-refractivity contribution is 5.90. The average Bonchev–Trinajstić information content (AvgIpc) is 3.11. The van der Waals surface area contributed by atoms with E-state index >= 15 is 0 Å². The second kappa shape index (κ2) is 5.38. The maximum Gasteiger partial charge on any atom is 0.359 e. The monoisotopic (exact) mass is 360 g/mol. The van der Waals surface area contributed by atoms with Gasteiger partial charge in [-0.25, -0.2) is 18.3 Å². The summed E-state index contributed by atoms with van der Waals surface area (Å²) in [6.45, 7) is 8.51. The molecule has 0 radical (unpaired) electrons. The van der Waals surface area contributed by atoms with Crippen LogP contribution in [0.2, 0.25) is 0 Å². The van der Waals surface area contributed by atoms with Gasteiger partial charge in [-0.3, -0.25) is 0 Å². The molecular formula is C20H22F2N2O2. The molecule has 26 heavy (non-hydrogen) atoms. The average molecular weight is 360 g/mol. The van der Waals surface area contributed by atoms with E-state index < -0.39 is 17.6 Å². The van der Waals surface area contributed by atoms with Gasteiger partial charge in [0, 0.05) is 17.0 Å². The molecule has 1 fully saturated rings. The Morgan fingerprint density at radius 1 is 1.35 bits per heavy atom. The molecule has 2 bridgehead atoms. The number of aromatic nitrogens is 2. The molecule has 1 aromatic carbocycles. The number of halogens is 2. The van der Waals surface area contributed by atoms with Gasteiger partial charge in [-0.05, 0) is 43.2 Å². The first-order valence-electron chi connectivity index (χ1n) is 8.98. The van der Waals surface area contributed by atoms with E-state index in [0.717, 1.165) is 30.2 Å². The Balaban J connectivity index is 2.00. The molecule has 4 rings (SSSR count). The Morgan fingerprint density at radius 2 is 2.08 bits per heavy atom. The van der Waals surface area contributed by atoms with Crippen LogP contribution in [0.3, 0.4) is 0 Å². The third-order valence-electron chi connectivity index (χ3n) is 6.63. The minimum absolute atomic E-state index is 0.0832. The zero-order chi connectivity index (χ0) is 18.9. The molecule has 4 nitrogen and oxygen atoms in total. The van der Waals surface area contributed by atoms with Crippen molar-refractivity contribution in [2.24, 2.45) is 5.41 Å². The lowest BCUT2D eigenvalue weighted by Gasteiger charge is -2.35. The molecule has 2 atom stereocenters. The van der Waals surface area contributed by atoms with Crippen LogP contribution in [0.15, 0.2) is 18.2 Å². The van der Waals surface area contributed by atoms with E-state index in [9.17, 15) is 13.6 Å². The molecule has 2 aliphatic rings. The molecule has 138 valence electrons. The first-order chi connectivity index (χ1) is 12.2. The summed E-state index contributed by atoms with van der Waals surface area (Å²) in [5.41, 5.74) is 1.80. The molecular weight excluding hydrogens is 338 g/mol. The van der Waals surface area contributed by atoms with E-state index in [0.29, 0.717) is 0 Å². The van der Waals surface area contributed by atoms with Crippen molar-refractivity contribution < 1.29 is 18.3 Å². The number of rotatable bonds is 3. The quantitative estimate of drug-likeness (QED) is 0.757. The SMILES string of the molecule is CCOC(=O)c1nn(-c2ccc(F)cc2F)c2c1[C@@H]1CC[C@@]2(C)C1(C)C. The number of hydrogen-bond acceptors (Lipinski definition) is 3. The minimum atomic E-state index is -0.699. The Bertz CT molecular complexity index is 919. The summed E-state index contributed by atoms with van der Waals surface area (Å²) in [5, 5.41) is 4.44. The molecule has 0 saturated heterocycles. The minimum Gasteiger partial charge on any atom is -0.461 e. The van der Waals surface area contributed by atoms with Gasteiger partial charge in [-0.1, -0.05) is 20.8 Å². The van der Waals surface area contributed by atoms with Crippen LogP contribution in [0.1, 0.15) is 68.2 Å². The van der Waals surface area contributed by atoms with Crippen LogP contribution < -0.4 is 0 Å². The zero-order valence-electron chi connectivity index (χ0n) is 15.4. The van der Waals surface area contributed by atoms with E-state index in [2.05, 4.69) is 25.9 Å². The van der Waals surface area contributed by atoms with Crippen molar-refractivity contribution in [2.45, 2.75) is 51.9 Å². The van der Waals surface area contributed by atoms with Crippen molar-refractivity contribution in [2.75, 3.05) is 6.61 Å². The van der Waals surface area contributed by atoms with Crippen LogP contribution in [0.4, 0.5) is 8.78 Å². The van der Waals surface area contributed by atoms with Crippen molar-refractivity contribution >= 4 is 5.97 Å². The highest BCUT2D eigenvalue weighted by atomic mass is 19.1. The van der Waals surface area contributed by atoms with Crippen molar-refractivity contribution in [1.82, 2.24) is 9.78 Å². The highest BCUT2D eigenvalue weighted by Crippen LogP contribution is 2.68. The molecule has 0 unspecified atom stereocenters. The highest BCUT2D eigenvalue weighted by Gasteiger charge is 2.63. The van der Waals surface area contributed by atoms with Gasteiger partial charge in [-0.2, -0.15) is 5.10 Å². The number of carbonyl (C=O) groups is 1. The number of esters is 1. The lowest BCUT2D eigenvalue weighted by atomic mass is 9.70. The van der Waals surface area contributed by atoms with Crippen LogP contribution in [0.25, 0.3) is 5.69 Å². The zero-order valence-corrected chi connectivity index (χ0v) is 15.4. The summed E-state index contributed by atoms with van der Waals surface area (Å²) in [6, 6.07) is 3.42. The Hall–Kier alpha value is -2.24. The van der Waals surface area contributed by atoms with Crippen LogP contribution in [-0.2, 0) is 10.2 Å². The van der Waals surface area contributed by atoms with Gasteiger partial charge < -0.3 is 4.74 Å². The Labute approximate surface area is 151 Å². The lowest BCUT2D eigenvalue weighted by Crippen LogP contribution is -2.33. The number of ether oxygens (including phenoxy) is 1. The van der Waals surface area contributed by atoms with E-state index in [4.69, 9.17) is 4.74 Å². The smallest absolute Gasteiger partial charge is 0.359 e. The van der Waals surface area contributed by atoms with Crippen molar-refractivity contribution in [3.63, 3.8) is 0 Å². The van der Waals surface area contributed by atoms with Gasteiger partial charge in [-0.15, -0.1) is 0 Å². The molecule has 2 aliphatic carbocycles. The van der Waals surface area contributed by atoms with Crippen molar-refractivity contribution in [3.8, 4) is 5.69 Å². The molecule has 6 heteroatoms. The van der Waals surface area contributed by atoms with Gasteiger partial charge in [0.25, 0.3) is 0 Å². The first-order valence-corrected chi connectivity index (χ1v) is 8.98. The van der Waals surface area contributed by atoms with Crippen LogP contribution in [0.5, 0.6) is 0 Å². The molecule has 0 spiro atoms. The summed E-state index contributed by atoms with van der Waals surface area (Å²) in [5.74, 6) is -1.67. The lowest BCUT2D eigenvalue weighted by molar-refractivity contribution is 0.0516. The van der Waals surface area contributed by atoms with E-state index in [-0.39, 0.29) is 34.7 Å². The third kappa shape index (κ3) is 1.98. The number of benzene rings is 1. The predicted molar refractivity (Wildman–Crippen MR) is 92.5 cm³/mol. The second-order valence-corrected chi connectivity index (χ2v) is 7.98. The fourth-order valence-corrected chi connectivity index (χ4v) is 4.90. The predicted octanol–water partition coefficient (Wildman–Crippen LogP) is 4.50. The molecule has 1 saturated carbocycles. The summed E-state index contributed by atoms with van der Waals surface area (Å²) in [6.07, 6.45) is 1.90. The van der Waals surface area contributed by atoms with Crippen LogP contribution >= 0.6 is 0 Å². The maximum atomic E-state index is 14.5. The van der Waals surface area contributed by atoms with Gasteiger partial charge in [0.05, 0.1) is 12.3 Å². The number of carbonyl (C=O) groups excluding carboxylic acids is 1. The Morgan fingerprint density at radius 3 is 2.73 bits per heavy atom. The molecule has 0 aliphatic heterocycles. The summed E-state index contributed by atoms with van der Waals surface area (Å²) in [4.78, 5) is 12.5. The van der Waals surface area contributed by atoms with E-state index in [1.54, 1.807) is 6.92 Å². The topological polar surface area (TPSA) is 44.1 Å². The molecule has 1 aromatic heterocycles. The largest absolute Gasteiger partial charge is 0.461 e. The summed E-state index contributed by atoms with van der Waals surface area (Å²) < 4.78 is 34.6.